The van der Waals surface area contributed by atoms with Crippen LogP contribution in [0.3, 0.4) is 0 Å². The first-order valence-corrected chi connectivity index (χ1v) is 8.89. The van der Waals surface area contributed by atoms with Crippen LogP contribution in [0.15, 0.2) is 61.1 Å². The van der Waals surface area contributed by atoms with Gasteiger partial charge in [-0.1, -0.05) is 25.1 Å². The van der Waals surface area contributed by atoms with Crippen molar-refractivity contribution < 1.29 is 0 Å². The smallest absolute Gasteiger partial charge is 0.227 e. The number of rotatable bonds is 6. The maximum absolute atomic E-state index is 4.43. The number of anilines is 2. The lowest BCUT2D eigenvalue weighted by Gasteiger charge is -2.07. The van der Waals surface area contributed by atoms with Gasteiger partial charge in [-0.2, -0.15) is 5.10 Å². The minimum absolute atomic E-state index is 0.623. The number of aromatic amines is 1. The molecule has 2 heterocycles. The summed E-state index contributed by atoms with van der Waals surface area (Å²) in [5.41, 5.74) is 5.81. The average molecular weight is 343 g/mol. The van der Waals surface area contributed by atoms with Gasteiger partial charge in [0.25, 0.3) is 0 Å². The van der Waals surface area contributed by atoms with Crippen molar-refractivity contribution in [3.8, 4) is 0 Å². The van der Waals surface area contributed by atoms with E-state index in [1.165, 1.54) is 11.1 Å². The molecule has 5 heteroatoms. The quantitative estimate of drug-likeness (QED) is 0.543. The van der Waals surface area contributed by atoms with Gasteiger partial charge < -0.3 is 5.32 Å². The van der Waals surface area contributed by atoms with Crippen molar-refractivity contribution in [2.24, 2.45) is 0 Å². The highest BCUT2D eigenvalue weighted by atomic mass is 15.1. The lowest BCUT2D eigenvalue weighted by molar-refractivity contribution is 0.936. The second-order valence-corrected chi connectivity index (χ2v) is 6.38. The zero-order valence-electron chi connectivity index (χ0n) is 14.7. The van der Waals surface area contributed by atoms with Gasteiger partial charge in [-0.25, -0.2) is 9.97 Å². The Hall–Kier alpha value is -3.21. The van der Waals surface area contributed by atoms with Gasteiger partial charge in [-0.05, 0) is 60.2 Å². The maximum Gasteiger partial charge on any atom is 0.227 e. The molecule has 0 saturated carbocycles. The SMILES string of the molecule is CCc1ccc(Nc2ncc(CCc3ccc4[nH]ncc4c3)cn2)cc1. The molecule has 2 aromatic carbocycles. The highest BCUT2D eigenvalue weighted by Gasteiger charge is 2.02. The maximum atomic E-state index is 4.43. The van der Waals surface area contributed by atoms with Crippen LogP contribution < -0.4 is 5.32 Å². The number of fused-ring (bicyclic) bond motifs is 1. The van der Waals surface area contributed by atoms with E-state index in [1.807, 2.05) is 18.6 Å². The highest BCUT2D eigenvalue weighted by Crippen LogP contribution is 2.16. The van der Waals surface area contributed by atoms with E-state index in [9.17, 15) is 0 Å². The Morgan fingerprint density at radius 3 is 2.35 bits per heavy atom. The molecule has 0 aliphatic rings. The van der Waals surface area contributed by atoms with Crippen molar-refractivity contribution in [2.45, 2.75) is 26.2 Å². The minimum atomic E-state index is 0.623. The second-order valence-electron chi connectivity index (χ2n) is 6.38. The van der Waals surface area contributed by atoms with Crippen LogP contribution in [0.4, 0.5) is 11.6 Å². The predicted molar refractivity (Wildman–Crippen MR) is 105 cm³/mol. The molecular formula is C21H21N5. The number of nitrogens with zero attached hydrogens (tertiary/aromatic N) is 3. The predicted octanol–water partition coefficient (Wildman–Crippen LogP) is 4.44. The van der Waals surface area contributed by atoms with Crippen molar-refractivity contribution in [3.63, 3.8) is 0 Å². The Morgan fingerprint density at radius 2 is 1.58 bits per heavy atom. The zero-order valence-corrected chi connectivity index (χ0v) is 14.7. The molecule has 0 unspecified atom stereocenters. The standard InChI is InChI=1S/C21H21N5/c1-2-15-5-8-19(9-6-15)25-21-22-12-17(13-23-21)4-3-16-7-10-20-18(11-16)14-24-26-20/h5-14H,2-4H2,1H3,(H,24,26)(H,22,23,25). The molecule has 0 aliphatic heterocycles. The van der Waals surface area contributed by atoms with E-state index in [0.29, 0.717) is 5.95 Å². The minimum Gasteiger partial charge on any atom is -0.324 e. The van der Waals surface area contributed by atoms with Crippen LogP contribution in [0, 0.1) is 0 Å². The third kappa shape index (κ3) is 3.72. The highest BCUT2D eigenvalue weighted by molar-refractivity contribution is 5.78. The van der Waals surface area contributed by atoms with E-state index in [4.69, 9.17) is 0 Å². The van der Waals surface area contributed by atoms with Crippen molar-refractivity contribution in [1.29, 1.82) is 0 Å². The van der Waals surface area contributed by atoms with Gasteiger partial charge in [-0.15, -0.1) is 0 Å². The first-order chi connectivity index (χ1) is 12.8. The fourth-order valence-electron chi connectivity index (χ4n) is 2.94. The van der Waals surface area contributed by atoms with Crippen molar-refractivity contribution in [2.75, 3.05) is 5.32 Å². The van der Waals surface area contributed by atoms with Gasteiger partial charge in [0.2, 0.25) is 5.95 Å². The second kappa shape index (κ2) is 7.35. The summed E-state index contributed by atoms with van der Waals surface area (Å²) < 4.78 is 0. The van der Waals surface area contributed by atoms with Crippen molar-refractivity contribution >= 4 is 22.5 Å². The molecule has 26 heavy (non-hydrogen) atoms. The molecule has 4 aromatic rings. The van der Waals surface area contributed by atoms with Crippen LogP contribution in [0.1, 0.15) is 23.6 Å². The molecular weight excluding hydrogens is 322 g/mol. The molecule has 5 nitrogen and oxygen atoms in total. The van der Waals surface area contributed by atoms with Gasteiger partial charge in [0.15, 0.2) is 0 Å². The van der Waals surface area contributed by atoms with Crippen LogP contribution in [-0.4, -0.2) is 20.2 Å². The summed E-state index contributed by atoms with van der Waals surface area (Å²) in [6.45, 7) is 2.15. The Labute approximate surface area is 152 Å². The van der Waals surface area contributed by atoms with E-state index >= 15 is 0 Å². The van der Waals surface area contributed by atoms with E-state index in [0.717, 1.165) is 41.4 Å². The fraction of sp³-hybridized carbons (Fsp3) is 0.190. The number of nitrogens with one attached hydrogen (secondary N) is 2. The number of aromatic nitrogens is 4. The molecule has 0 saturated heterocycles. The summed E-state index contributed by atoms with van der Waals surface area (Å²) in [6.07, 6.45) is 8.55. The number of hydrogen-bond donors (Lipinski definition) is 2. The molecule has 0 radical (unpaired) electrons. The van der Waals surface area contributed by atoms with Crippen molar-refractivity contribution in [1.82, 2.24) is 20.2 Å². The van der Waals surface area contributed by atoms with E-state index < -0.39 is 0 Å². The van der Waals surface area contributed by atoms with E-state index in [2.05, 4.69) is 74.9 Å². The van der Waals surface area contributed by atoms with E-state index in [1.54, 1.807) is 0 Å². The first-order valence-electron chi connectivity index (χ1n) is 8.89. The molecule has 0 fully saturated rings. The molecule has 130 valence electrons. The summed E-state index contributed by atoms with van der Waals surface area (Å²) in [6, 6.07) is 14.7. The van der Waals surface area contributed by atoms with Gasteiger partial charge >= 0.3 is 0 Å². The normalized spacial score (nSPS) is 11.0. The largest absolute Gasteiger partial charge is 0.324 e. The number of H-pyrrole nitrogens is 1. The van der Waals surface area contributed by atoms with Gasteiger partial charge in [0.05, 0.1) is 11.7 Å². The van der Waals surface area contributed by atoms with Gasteiger partial charge in [-0.3, -0.25) is 5.10 Å². The Balaban J connectivity index is 1.37. The molecule has 0 atom stereocenters. The van der Waals surface area contributed by atoms with Crippen LogP contribution in [0.25, 0.3) is 10.9 Å². The number of hydrogen-bond acceptors (Lipinski definition) is 4. The van der Waals surface area contributed by atoms with Gasteiger partial charge in [0, 0.05) is 23.5 Å². The van der Waals surface area contributed by atoms with Gasteiger partial charge in [0.1, 0.15) is 0 Å². The first kappa shape index (κ1) is 16.3. The molecule has 0 bridgehead atoms. The molecule has 2 aromatic heterocycles. The van der Waals surface area contributed by atoms with Crippen LogP contribution in [0.5, 0.6) is 0 Å². The van der Waals surface area contributed by atoms with Crippen LogP contribution >= 0.6 is 0 Å². The molecule has 4 rings (SSSR count). The molecule has 2 N–H and O–H groups in total. The Bertz CT molecular complexity index is 987. The molecule has 0 aliphatic carbocycles. The zero-order chi connectivity index (χ0) is 17.8. The lowest BCUT2D eigenvalue weighted by atomic mass is 10.1. The summed E-state index contributed by atoms with van der Waals surface area (Å²) in [4.78, 5) is 8.87. The van der Waals surface area contributed by atoms with Crippen molar-refractivity contribution in [3.05, 3.63) is 77.7 Å². The average Bonchev–Trinajstić information content (AvgIpc) is 3.16. The summed E-state index contributed by atoms with van der Waals surface area (Å²) >= 11 is 0. The lowest BCUT2D eigenvalue weighted by Crippen LogP contribution is -1.99. The summed E-state index contributed by atoms with van der Waals surface area (Å²) in [7, 11) is 0. The summed E-state index contributed by atoms with van der Waals surface area (Å²) in [5, 5.41) is 11.4. The third-order valence-corrected chi connectivity index (χ3v) is 4.53. The Morgan fingerprint density at radius 1 is 0.846 bits per heavy atom. The third-order valence-electron chi connectivity index (χ3n) is 4.53. The fourth-order valence-corrected chi connectivity index (χ4v) is 2.94. The summed E-state index contributed by atoms with van der Waals surface area (Å²) in [5.74, 6) is 0.623. The van der Waals surface area contributed by atoms with E-state index in [-0.39, 0.29) is 0 Å². The molecule has 0 spiro atoms. The topological polar surface area (TPSA) is 66.5 Å². The monoisotopic (exact) mass is 343 g/mol. The van der Waals surface area contributed by atoms with Crippen LogP contribution in [0.2, 0.25) is 0 Å². The number of aryl methyl sites for hydroxylation is 3. The number of benzene rings is 2. The molecule has 0 amide bonds. The Kier molecular flexibility index (Phi) is 4.60. The van der Waals surface area contributed by atoms with Crippen LogP contribution in [-0.2, 0) is 19.3 Å².